The number of sulfonamides is 1. The molecule has 0 spiro atoms. The number of carbonyl (C=O) groups is 2. The summed E-state index contributed by atoms with van der Waals surface area (Å²) in [4.78, 5) is 26.7. The number of ether oxygens (including phenoxy) is 1. The molecule has 0 unspecified atom stereocenters. The van der Waals surface area contributed by atoms with Gasteiger partial charge in [0, 0.05) is 13.1 Å². The number of halogens is 1. The van der Waals surface area contributed by atoms with Crippen molar-refractivity contribution in [2.45, 2.75) is 32.6 Å². The van der Waals surface area contributed by atoms with Gasteiger partial charge in [0.05, 0.1) is 16.1 Å². The van der Waals surface area contributed by atoms with E-state index in [-0.39, 0.29) is 33.9 Å². The second-order valence-corrected chi connectivity index (χ2v) is 9.95. The summed E-state index contributed by atoms with van der Waals surface area (Å²) >= 11 is 0. The Hall–Kier alpha value is -2.94. The highest BCUT2D eigenvalue weighted by Gasteiger charge is 2.22. The van der Waals surface area contributed by atoms with Crippen molar-refractivity contribution in [3.05, 3.63) is 59.9 Å². The highest BCUT2D eigenvalue weighted by atomic mass is 32.2. The molecule has 0 atom stereocenters. The minimum Gasteiger partial charge on any atom is -0.452 e. The van der Waals surface area contributed by atoms with Crippen molar-refractivity contribution in [3.63, 3.8) is 0 Å². The minimum absolute atomic E-state index is 0.00418. The number of rotatable bonds is 10. The molecular weight excluding hydrogens is 435 g/mol. The van der Waals surface area contributed by atoms with Crippen molar-refractivity contribution in [2.75, 3.05) is 24.4 Å². The number of para-hydroxylation sites is 1. The van der Waals surface area contributed by atoms with Gasteiger partial charge < -0.3 is 9.64 Å². The molecule has 174 valence electrons. The fourth-order valence-electron chi connectivity index (χ4n) is 3.02. The van der Waals surface area contributed by atoms with Crippen LogP contribution in [0.2, 0.25) is 0 Å². The number of esters is 1. The highest BCUT2D eigenvalue weighted by molar-refractivity contribution is 7.92. The SMILES string of the molecule is CC(C)CN(CC(C)C)C(=O)COC(=O)c1ccccc1NS(=O)(=O)c1ccc(F)cc1. The summed E-state index contributed by atoms with van der Waals surface area (Å²) in [6, 6.07) is 10.2. The van der Waals surface area contributed by atoms with E-state index in [9.17, 15) is 22.4 Å². The number of nitrogens with one attached hydrogen (secondary N) is 1. The summed E-state index contributed by atoms with van der Waals surface area (Å²) < 4.78 is 45.8. The minimum atomic E-state index is -4.06. The largest absolute Gasteiger partial charge is 0.452 e. The Labute approximate surface area is 188 Å². The van der Waals surface area contributed by atoms with E-state index in [1.807, 2.05) is 27.7 Å². The Bertz CT molecular complexity index is 1030. The average Bonchev–Trinajstić information content (AvgIpc) is 2.71. The molecule has 2 aromatic rings. The van der Waals surface area contributed by atoms with Crippen LogP contribution >= 0.6 is 0 Å². The van der Waals surface area contributed by atoms with E-state index in [4.69, 9.17) is 4.74 Å². The predicted octanol–water partition coefficient (Wildman–Crippen LogP) is 3.92. The summed E-state index contributed by atoms with van der Waals surface area (Å²) in [6.45, 7) is 8.63. The molecule has 9 heteroatoms. The quantitative estimate of drug-likeness (QED) is 0.538. The maximum Gasteiger partial charge on any atom is 0.340 e. The van der Waals surface area contributed by atoms with Crippen molar-refractivity contribution in [1.82, 2.24) is 4.90 Å². The standard InChI is InChI=1S/C23H29FN2O5S/c1-16(2)13-26(14-17(3)4)22(27)15-31-23(28)20-7-5-6-8-21(20)25-32(29,30)19-11-9-18(24)10-12-19/h5-12,16-17,25H,13-15H2,1-4H3. The molecule has 0 heterocycles. The van der Waals surface area contributed by atoms with Gasteiger partial charge in [0.2, 0.25) is 0 Å². The molecule has 2 rings (SSSR count). The van der Waals surface area contributed by atoms with E-state index in [0.717, 1.165) is 24.3 Å². The van der Waals surface area contributed by atoms with E-state index >= 15 is 0 Å². The average molecular weight is 465 g/mol. The van der Waals surface area contributed by atoms with Gasteiger partial charge in [0.15, 0.2) is 6.61 Å². The summed E-state index contributed by atoms with van der Waals surface area (Å²) in [7, 11) is -4.06. The maximum atomic E-state index is 13.1. The van der Waals surface area contributed by atoms with Gasteiger partial charge in [-0.05, 0) is 48.2 Å². The van der Waals surface area contributed by atoms with Crippen LogP contribution in [0.3, 0.4) is 0 Å². The molecule has 0 radical (unpaired) electrons. The van der Waals surface area contributed by atoms with Gasteiger partial charge in [-0.1, -0.05) is 39.8 Å². The third-order valence-corrected chi connectivity index (χ3v) is 5.75. The van der Waals surface area contributed by atoms with Crippen molar-refractivity contribution in [2.24, 2.45) is 11.8 Å². The lowest BCUT2D eigenvalue weighted by Crippen LogP contribution is -2.39. The van der Waals surface area contributed by atoms with Crippen molar-refractivity contribution in [3.8, 4) is 0 Å². The number of benzene rings is 2. The van der Waals surface area contributed by atoms with Gasteiger partial charge in [-0.15, -0.1) is 0 Å². The zero-order valence-corrected chi connectivity index (χ0v) is 19.5. The topological polar surface area (TPSA) is 92.8 Å². The fraction of sp³-hybridized carbons (Fsp3) is 0.391. The van der Waals surface area contributed by atoms with Crippen LogP contribution in [0.4, 0.5) is 10.1 Å². The molecule has 0 aromatic heterocycles. The van der Waals surface area contributed by atoms with Crippen LogP contribution in [0.25, 0.3) is 0 Å². The first-order chi connectivity index (χ1) is 15.0. The third-order valence-electron chi connectivity index (χ3n) is 4.37. The van der Waals surface area contributed by atoms with Gasteiger partial charge in [-0.2, -0.15) is 0 Å². The Balaban J connectivity index is 2.13. The first kappa shape index (κ1) is 25.3. The van der Waals surface area contributed by atoms with E-state index in [0.29, 0.717) is 13.1 Å². The number of nitrogens with zero attached hydrogens (tertiary/aromatic N) is 1. The van der Waals surface area contributed by atoms with Gasteiger partial charge in [0.25, 0.3) is 15.9 Å². The summed E-state index contributed by atoms with van der Waals surface area (Å²) in [5.41, 5.74) is -0.0410. The summed E-state index contributed by atoms with van der Waals surface area (Å²) in [6.07, 6.45) is 0. The smallest absolute Gasteiger partial charge is 0.340 e. The van der Waals surface area contributed by atoms with Crippen LogP contribution < -0.4 is 4.72 Å². The van der Waals surface area contributed by atoms with Crippen LogP contribution in [0.1, 0.15) is 38.1 Å². The number of amides is 1. The van der Waals surface area contributed by atoms with Crippen molar-refractivity contribution < 1.29 is 27.1 Å². The molecule has 0 aliphatic carbocycles. The molecule has 0 aliphatic heterocycles. The van der Waals surface area contributed by atoms with Crippen LogP contribution in [-0.4, -0.2) is 44.9 Å². The zero-order chi connectivity index (χ0) is 23.9. The number of hydrogen-bond donors (Lipinski definition) is 1. The lowest BCUT2D eigenvalue weighted by atomic mass is 10.1. The van der Waals surface area contributed by atoms with Gasteiger partial charge in [-0.25, -0.2) is 17.6 Å². The number of hydrogen-bond acceptors (Lipinski definition) is 5. The van der Waals surface area contributed by atoms with Crippen LogP contribution in [0.15, 0.2) is 53.4 Å². The second-order valence-electron chi connectivity index (χ2n) is 8.27. The van der Waals surface area contributed by atoms with E-state index in [2.05, 4.69) is 4.72 Å². The van der Waals surface area contributed by atoms with Gasteiger partial charge in [0.1, 0.15) is 5.82 Å². The third kappa shape index (κ3) is 7.33. The van der Waals surface area contributed by atoms with Crippen LogP contribution in [0, 0.1) is 17.7 Å². The van der Waals surface area contributed by atoms with Crippen molar-refractivity contribution in [1.29, 1.82) is 0 Å². The summed E-state index contributed by atoms with van der Waals surface area (Å²) in [5, 5.41) is 0. The first-order valence-corrected chi connectivity index (χ1v) is 11.8. The Morgan fingerprint density at radius 3 is 2.09 bits per heavy atom. The fourth-order valence-corrected chi connectivity index (χ4v) is 4.10. The Kier molecular flexibility index (Phi) is 8.77. The van der Waals surface area contributed by atoms with Gasteiger partial charge >= 0.3 is 5.97 Å². The number of carbonyl (C=O) groups excluding carboxylic acids is 2. The molecule has 0 saturated carbocycles. The summed E-state index contributed by atoms with van der Waals surface area (Å²) in [5.74, 6) is -1.19. The van der Waals surface area contributed by atoms with Crippen LogP contribution in [0.5, 0.6) is 0 Å². The second kappa shape index (κ2) is 11.1. The molecule has 0 aliphatic rings. The molecule has 0 saturated heterocycles. The normalized spacial score (nSPS) is 11.5. The predicted molar refractivity (Wildman–Crippen MR) is 120 cm³/mol. The lowest BCUT2D eigenvalue weighted by molar-refractivity contribution is -0.135. The zero-order valence-electron chi connectivity index (χ0n) is 18.7. The Morgan fingerprint density at radius 2 is 1.53 bits per heavy atom. The first-order valence-electron chi connectivity index (χ1n) is 10.3. The molecule has 2 aromatic carbocycles. The molecule has 1 amide bonds. The van der Waals surface area contributed by atoms with Crippen molar-refractivity contribution >= 4 is 27.6 Å². The molecule has 32 heavy (non-hydrogen) atoms. The highest BCUT2D eigenvalue weighted by Crippen LogP contribution is 2.21. The van der Waals surface area contributed by atoms with E-state index < -0.39 is 28.4 Å². The monoisotopic (exact) mass is 464 g/mol. The number of anilines is 1. The molecule has 0 fully saturated rings. The molecule has 7 nitrogen and oxygen atoms in total. The van der Waals surface area contributed by atoms with Gasteiger partial charge in [-0.3, -0.25) is 9.52 Å². The van der Waals surface area contributed by atoms with E-state index in [1.165, 1.54) is 12.1 Å². The maximum absolute atomic E-state index is 13.1. The Morgan fingerprint density at radius 1 is 0.969 bits per heavy atom. The molecular formula is C23H29FN2O5S. The lowest BCUT2D eigenvalue weighted by Gasteiger charge is -2.26. The molecule has 1 N–H and O–H groups in total. The molecule has 0 bridgehead atoms. The van der Waals surface area contributed by atoms with Crippen LogP contribution in [-0.2, 0) is 19.6 Å². The van der Waals surface area contributed by atoms with E-state index in [1.54, 1.807) is 17.0 Å².